The minimum absolute atomic E-state index is 0.0183. The minimum Gasteiger partial charge on any atom is -0.496 e. The standard InChI is InChI=1S/C17H18BrFN2O2/c1-23-16-5-3-2-4-12(16)8-9-20-17(22)11-21-15-7-6-13(18)10-14(15)19/h2-7,10,21H,8-9,11H2,1H3,(H,20,22). The molecule has 0 atom stereocenters. The number of nitrogens with one attached hydrogen (secondary N) is 2. The monoisotopic (exact) mass is 380 g/mol. The fourth-order valence-electron chi connectivity index (χ4n) is 2.12. The maximum atomic E-state index is 13.6. The van der Waals surface area contributed by atoms with Crippen molar-refractivity contribution in [3.63, 3.8) is 0 Å². The van der Waals surface area contributed by atoms with Gasteiger partial charge in [-0.2, -0.15) is 0 Å². The number of methoxy groups -OCH3 is 1. The molecular formula is C17H18BrFN2O2. The Kier molecular flexibility index (Phi) is 6.40. The van der Waals surface area contributed by atoms with Crippen LogP contribution in [-0.2, 0) is 11.2 Å². The van der Waals surface area contributed by atoms with Gasteiger partial charge in [-0.15, -0.1) is 0 Å². The summed E-state index contributed by atoms with van der Waals surface area (Å²) in [6, 6.07) is 12.3. The summed E-state index contributed by atoms with van der Waals surface area (Å²) in [5.41, 5.74) is 1.33. The van der Waals surface area contributed by atoms with Gasteiger partial charge in [0.15, 0.2) is 0 Å². The quantitative estimate of drug-likeness (QED) is 0.773. The third-order valence-corrected chi connectivity index (χ3v) is 3.77. The average molecular weight is 381 g/mol. The van der Waals surface area contributed by atoms with Crippen molar-refractivity contribution in [2.24, 2.45) is 0 Å². The van der Waals surface area contributed by atoms with E-state index in [4.69, 9.17) is 4.74 Å². The first-order chi connectivity index (χ1) is 11.1. The highest BCUT2D eigenvalue weighted by Gasteiger charge is 2.06. The summed E-state index contributed by atoms with van der Waals surface area (Å²) in [5.74, 6) is 0.209. The van der Waals surface area contributed by atoms with Crippen LogP contribution in [0.5, 0.6) is 5.75 Å². The molecule has 23 heavy (non-hydrogen) atoms. The van der Waals surface area contributed by atoms with Gasteiger partial charge in [-0.1, -0.05) is 34.1 Å². The van der Waals surface area contributed by atoms with Gasteiger partial charge in [-0.05, 0) is 36.2 Å². The maximum absolute atomic E-state index is 13.6. The van der Waals surface area contributed by atoms with Crippen LogP contribution in [0.2, 0.25) is 0 Å². The number of halogens is 2. The number of carbonyl (C=O) groups is 1. The number of amides is 1. The van der Waals surface area contributed by atoms with Gasteiger partial charge >= 0.3 is 0 Å². The molecule has 0 aliphatic rings. The third kappa shape index (κ3) is 5.25. The molecule has 122 valence electrons. The summed E-state index contributed by atoms with van der Waals surface area (Å²) >= 11 is 3.19. The number of carbonyl (C=O) groups excluding carboxylic acids is 1. The SMILES string of the molecule is COc1ccccc1CCNC(=O)CNc1ccc(Br)cc1F. The second kappa shape index (κ2) is 8.53. The van der Waals surface area contributed by atoms with Crippen molar-refractivity contribution in [1.29, 1.82) is 0 Å². The van der Waals surface area contributed by atoms with Crippen LogP contribution in [0.1, 0.15) is 5.56 Å². The molecule has 0 fully saturated rings. The van der Waals surface area contributed by atoms with Gasteiger partial charge in [0.05, 0.1) is 19.3 Å². The number of hydrogen-bond acceptors (Lipinski definition) is 3. The maximum Gasteiger partial charge on any atom is 0.239 e. The Morgan fingerprint density at radius 2 is 2.04 bits per heavy atom. The molecule has 0 spiro atoms. The zero-order valence-electron chi connectivity index (χ0n) is 12.7. The van der Waals surface area contributed by atoms with E-state index in [1.54, 1.807) is 19.2 Å². The van der Waals surface area contributed by atoms with Crippen molar-refractivity contribution < 1.29 is 13.9 Å². The summed E-state index contributed by atoms with van der Waals surface area (Å²) < 4.78 is 19.5. The Morgan fingerprint density at radius 1 is 1.26 bits per heavy atom. The van der Waals surface area contributed by atoms with Gasteiger partial charge in [-0.3, -0.25) is 4.79 Å². The fraction of sp³-hybridized carbons (Fsp3) is 0.235. The van der Waals surface area contributed by atoms with E-state index in [0.29, 0.717) is 23.1 Å². The molecular weight excluding hydrogens is 363 g/mol. The largest absolute Gasteiger partial charge is 0.496 e. The summed E-state index contributed by atoms with van der Waals surface area (Å²) in [6.45, 7) is 0.508. The lowest BCUT2D eigenvalue weighted by atomic mass is 10.1. The molecule has 0 aliphatic carbocycles. The minimum atomic E-state index is -0.402. The van der Waals surface area contributed by atoms with E-state index in [1.165, 1.54) is 6.07 Å². The number of anilines is 1. The van der Waals surface area contributed by atoms with E-state index in [2.05, 4.69) is 26.6 Å². The van der Waals surface area contributed by atoms with Crippen LogP contribution >= 0.6 is 15.9 Å². The average Bonchev–Trinajstić information content (AvgIpc) is 2.54. The van der Waals surface area contributed by atoms with Gasteiger partial charge in [0, 0.05) is 11.0 Å². The van der Waals surface area contributed by atoms with Crippen molar-refractivity contribution in [3.05, 3.63) is 58.3 Å². The Balaban J connectivity index is 1.77. The van der Waals surface area contributed by atoms with Crippen LogP contribution in [-0.4, -0.2) is 26.1 Å². The van der Waals surface area contributed by atoms with Crippen molar-refractivity contribution in [1.82, 2.24) is 5.32 Å². The molecule has 2 N–H and O–H groups in total. The van der Waals surface area contributed by atoms with E-state index in [0.717, 1.165) is 11.3 Å². The predicted octanol–water partition coefficient (Wildman–Crippen LogP) is 3.37. The van der Waals surface area contributed by atoms with Gasteiger partial charge in [0.2, 0.25) is 5.91 Å². The van der Waals surface area contributed by atoms with Crippen molar-refractivity contribution in [2.75, 3.05) is 25.5 Å². The molecule has 0 bridgehead atoms. The molecule has 0 radical (unpaired) electrons. The number of rotatable bonds is 7. The zero-order valence-corrected chi connectivity index (χ0v) is 14.3. The highest BCUT2D eigenvalue weighted by Crippen LogP contribution is 2.19. The summed E-state index contributed by atoms with van der Waals surface area (Å²) in [4.78, 5) is 11.8. The number of benzene rings is 2. The topological polar surface area (TPSA) is 50.4 Å². The Hall–Kier alpha value is -2.08. The van der Waals surface area contributed by atoms with Gasteiger partial charge in [0.1, 0.15) is 11.6 Å². The van der Waals surface area contributed by atoms with E-state index in [-0.39, 0.29) is 12.5 Å². The zero-order chi connectivity index (χ0) is 16.7. The molecule has 2 aromatic rings. The van der Waals surface area contributed by atoms with Crippen LogP contribution in [0, 0.1) is 5.82 Å². The highest BCUT2D eigenvalue weighted by atomic mass is 79.9. The van der Waals surface area contributed by atoms with Crippen LogP contribution in [0.15, 0.2) is 46.9 Å². The number of hydrogen-bond donors (Lipinski definition) is 2. The molecule has 0 saturated heterocycles. The lowest BCUT2D eigenvalue weighted by molar-refractivity contribution is -0.119. The molecule has 0 aliphatic heterocycles. The third-order valence-electron chi connectivity index (χ3n) is 3.28. The highest BCUT2D eigenvalue weighted by molar-refractivity contribution is 9.10. The summed E-state index contributed by atoms with van der Waals surface area (Å²) in [5, 5.41) is 5.57. The van der Waals surface area contributed by atoms with Crippen LogP contribution in [0.25, 0.3) is 0 Å². The normalized spacial score (nSPS) is 10.2. The first kappa shape index (κ1) is 17.3. The molecule has 6 heteroatoms. The molecule has 0 heterocycles. The molecule has 0 unspecified atom stereocenters. The summed E-state index contributed by atoms with van der Waals surface area (Å²) in [6.07, 6.45) is 0.669. The molecule has 0 saturated carbocycles. The lowest BCUT2D eigenvalue weighted by Crippen LogP contribution is -2.31. The summed E-state index contributed by atoms with van der Waals surface area (Å²) in [7, 11) is 1.62. The van der Waals surface area contributed by atoms with Crippen molar-refractivity contribution >= 4 is 27.5 Å². The first-order valence-electron chi connectivity index (χ1n) is 7.17. The molecule has 4 nitrogen and oxygen atoms in total. The van der Waals surface area contributed by atoms with E-state index in [1.807, 2.05) is 24.3 Å². The molecule has 2 rings (SSSR count). The van der Waals surface area contributed by atoms with Crippen LogP contribution in [0.4, 0.5) is 10.1 Å². The van der Waals surface area contributed by atoms with Crippen LogP contribution < -0.4 is 15.4 Å². The van der Waals surface area contributed by atoms with E-state index < -0.39 is 5.82 Å². The number of para-hydroxylation sites is 1. The van der Waals surface area contributed by atoms with Gasteiger partial charge in [-0.25, -0.2) is 4.39 Å². The molecule has 0 aromatic heterocycles. The van der Waals surface area contributed by atoms with Crippen molar-refractivity contribution in [3.8, 4) is 5.75 Å². The smallest absolute Gasteiger partial charge is 0.239 e. The van der Waals surface area contributed by atoms with E-state index >= 15 is 0 Å². The van der Waals surface area contributed by atoms with Gasteiger partial charge < -0.3 is 15.4 Å². The van der Waals surface area contributed by atoms with E-state index in [9.17, 15) is 9.18 Å². The second-order valence-corrected chi connectivity index (χ2v) is 5.81. The Labute approximate surface area is 143 Å². The first-order valence-corrected chi connectivity index (χ1v) is 7.97. The van der Waals surface area contributed by atoms with Gasteiger partial charge in [0.25, 0.3) is 0 Å². The predicted molar refractivity (Wildman–Crippen MR) is 92.3 cm³/mol. The van der Waals surface area contributed by atoms with Crippen LogP contribution in [0.3, 0.4) is 0 Å². The Morgan fingerprint density at radius 3 is 2.78 bits per heavy atom. The Bertz CT molecular complexity index is 679. The second-order valence-electron chi connectivity index (χ2n) is 4.89. The number of ether oxygens (including phenoxy) is 1. The fourth-order valence-corrected chi connectivity index (χ4v) is 2.45. The van der Waals surface area contributed by atoms with Crippen molar-refractivity contribution in [2.45, 2.75) is 6.42 Å². The molecule has 1 amide bonds. The molecule has 2 aromatic carbocycles. The lowest BCUT2D eigenvalue weighted by Gasteiger charge is -2.10.